The van der Waals surface area contributed by atoms with E-state index in [0.29, 0.717) is 25.1 Å². The quantitative estimate of drug-likeness (QED) is 0.769. The van der Waals surface area contributed by atoms with E-state index in [9.17, 15) is 14.7 Å². The van der Waals surface area contributed by atoms with Gasteiger partial charge in [0.25, 0.3) is 5.91 Å². The van der Waals surface area contributed by atoms with Gasteiger partial charge in [0.15, 0.2) is 0 Å². The van der Waals surface area contributed by atoms with Gasteiger partial charge in [-0.3, -0.25) is 9.59 Å². The van der Waals surface area contributed by atoms with Gasteiger partial charge in [0.1, 0.15) is 5.71 Å². The molecule has 0 aromatic rings. The average molecular weight is 267 g/mol. The summed E-state index contributed by atoms with van der Waals surface area (Å²) in [5.41, 5.74) is 0.396. The topological polar surface area (TPSA) is 82.0 Å². The number of carbonyl (C=O) groups is 2. The lowest BCUT2D eigenvalue weighted by molar-refractivity contribution is -0.130. The van der Waals surface area contributed by atoms with Gasteiger partial charge in [0.05, 0.1) is 6.10 Å². The van der Waals surface area contributed by atoms with Crippen LogP contribution < -0.4 is 5.32 Å². The van der Waals surface area contributed by atoms with Crippen LogP contribution in [0.1, 0.15) is 38.5 Å². The molecule has 1 aliphatic heterocycles. The molecule has 0 aromatic heterocycles. The second kappa shape index (κ2) is 6.14. The highest BCUT2D eigenvalue weighted by atomic mass is 16.3. The fourth-order valence-electron chi connectivity index (χ4n) is 2.58. The van der Waals surface area contributed by atoms with Gasteiger partial charge in [-0.05, 0) is 12.8 Å². The molecule has 0 aromatic carbocycles. The van der Waals surface area contributed by atoms with Crippen molar-refractivity contribution in [2.24, 2.45) is 11.0 Å². The van der Waals surface area contributed by atoms with Crippen molar-refractivity contribution < 1.29 is 14.7 Å². The van der Waals surface area contributed by atoms with Gasteiger partial charge in [-0.25, -0.2) is 5.01 Å². The van der Waals surface area contributed by atoms with Crippen LogP contribution in [0.25, 0.3) is 0 Å². The average Bonchev–Trinajstić information content (AvgIpc) is 2.40. The molecule has 1 heterocycles. The summed E-state index contributed by atoms with van der Waals surface area (Å²) < 4.78 is 0. The highest BCUT2D eigenvalue weighted by molar-refractivity contribution is 6.39. The fourth-order valence-corrected chi connectivity index (χ4v) is 2.58. The van der Waals surface area contributed by atoms with Gasteiger partial charge in [-0.1, -0.05) is 12.8 Å². The van der Waals surface area contributed by atoms with Crippen molar-refractivity contribution in [2.75, 3.05) is 13.6 Å². The van der Waals surface area contributed by atoms with Crippen LogP contribution in [0, 0.1) is 5.92 Å². The zero-order valence-corrected chi connectivity index (χ0v) is 11.3. The maximum atomic E-state index is 11.9. The Kier molecular flexibility index (Phi) is 4.52. The molecule has 2 unspecified atom stereocenters. The molecule has 0 radical (unpaired) electrons. The van der Waals surface area contributed by atoms with Gasteiger partial charge in [-0.2, -0.15) is 5.10 Å². The Morgan fingerprint density at radius 1 is 1.42 bits per heavy atom. The van der Waals surface area contributed by atoms with Crippen LogP contribution in [0.4, 0.5) is 0 Å². The number of nitrogens with zero attached hydrogens (tertiary/aromatic N) is 2. The molecule has 19 heavy (non-hydrogen) atoms. The molecule has 2 N–H and O–H groups in total. The molecule has 2 rings (SSSR count). The van der Waals surface area contributed by atoms with E-state index in [2.05, 4.69) is 10.4 Å². The minimum absolute atomic E-state index is 0.0701. The Labute approximate surface area is 112 Å². The smallest absolute Gasteiger partial charge is 0.267 e. The first-order valence-electron chi connectivity index (χ1n) is 6.88. The Hall–Kier alpha value is -1.43. The number of aliphatic hydroxyl groups is 1. The number of carbonyl (C=O) groups excluding carboxylic acids is 2. The van der Waals surface area contributed by atoms with Gasteiger partial charge in [0, 0.05) is 32.4 Å². The normalized spacial score (nSPS) is 28.0. The SMILES string of the molecule is CN1N=C(C(=O)NCC2CCCCC2O)CCC1=O. The largest absolute Gasteiger partial charge is 0.393 e. The first-order valence-corrected chi connectivity index (χ1v) is 6.88. The van der Waals surface area contributed by atoms with Gasteiger partial charge < -0.3 is 10.4 Å². The summed E-state index contributed by atoms with van der Waals surface area (Å²) in [4.78, 5) is 23.2. The minimum Gasteiger partial charge on any atom is -0.393 e. The molecule has 1 aliphatic carbocycles. The monoisotopic (exact) mass is 267 g/mol. The van der Waals surface area contributed by atoms with Crippen LogP contribution in [-0.4, -0.2) is 47.3 Å². The summed E-state index contributed by atoms with van der Waals surface area (Å²) in [7, 11) is 1.56. The molecule has 2 aliphatic rings. The first kappa shape index (κ1) is 14.0. The van der Waals surface area contributed by atoms with Crippen molar-refractivity contribution in [3.05, 3.63) is 0 Å². The molecule has 2 atom stereocenters. The lowest BCUT2D eigenvalue weighted by atomic mass is 9.86. The first-order chi connectivity index (χ1) is 9.08. The molecule has 0 saturated heterocycles. The van der Waals surface area contributed by atoms with Crippen molar-refractivity contribution in [2.45, 2.75) is 44.6 Å². The standard InChI is InChI=1S/C13H21N3O3/c1-16-12(18)7-6-10(15-16)13(19)14-8-9-4-2-3-5-11(9)17/h9,11,17H,2-8H2,1H3,(H,14,19). The van der Waals surface area contributed by atoms with Crippen LogP contribution in [0.3, 0.4) is 0 Å². The summed E-state index contributed by atoms with van der Waals surface area (Å²) in [6, 6.07) is 0. The van der Waals surface area contributed by atoms with E-state index in [1.165, 1.54) is 5.01 Å². The Morgan fingerprint density at radius 2 is 2.16 bits per heavy atom. The van der Waals surface area contributed by atoms with E-state index >= 15 is 0 Å². The molecule has 6 heteroatoms. The molecule has 106 valence electrons. The Balaban J connectivity index is 1.84. The van der Waals surface area contributed by atoms with E-state index < -0.39 is 0 Å². The predicted molar refractivity (Wildman–Crippen MR) is 70.4 cm³/mol. The second-order valence-corrected chi connectivity index (χ2v) is 5.29. The summed E-state index contributed by atoms with van der Waals surface area (Å²) in [6.07, 6.45) is 4.34. The summed E-state index contributed by atoms with van der Waals surface area (Å²) in [5, 5.41) is 17.8. The van der Waals surface area contributed by atoms with Gasteiger partial charge in [0.2, 0.25) is 5.91 Å². The number of rotatable bonds is 3. The van der Waals surface area contributed by atoms with Crippen molar-refractivity contribution in [3.8, 4) is 0 Å². The van der Waals surface area contributed by atoms with E-state index in [-0.39, 0.29) is 23.8 Å². The summed E-state index contributed by atoms with van der Waals surface area (Å²) in [6.45, 7) is 0.483. The molecular weight excluding hydrogens is 246 g/mol. The minimum atomic E-state index is -0.313. The second-order valence-electron chi connectivity index (χ2n) is 5.29. The van der Waals surface area contributed by atoms with Crippen LogP contribution in [-0.2, 0) is 9.59 Å². The number of nitrogens with one attached hydrogen (secondary N) is 1. The number of aliphatic hydroxyl groups excluding tert-OH is 1. The van der Waals surface area contributed by atoms with E-state index in [0.717, 1.165) is 25.7 Å². The zero-order chi connectivity index (χ0) is 13.8. The molecule has 0 spiro atoms. The van der Waals surface area contributed by atoms with E-state index in [1.807, 2.05) is 0 Å². The van der Waals surface area contributed by atoms with Crippen LogP contribution in [0.15, 0.2) is 5.10 Å². The predicted octanol–water partition coefficient (Wildman–Crippen LogP) is 0.262. The lowest BCUT2D eigenvalue weighted by Crippen LogP contribution is -2.42. The Morgan fingerprint density at radius 3 is 2.84 bits per heavy atom. The van der Waals surface area contributed by atoms with E-state index in [1.54, 1.807) is 7.05 Å². The summed E-state index contributed by atoms with van der Waals surface area (Å²) in [5.74, 6) is -0.155. The number of amides is 2. The molecule has 6 nitrogen and oxygen atoms in total. The number of hydrazone groups is 1. The third-order valence-electron chi connectivity index (χ3n) is 3.86. The van der Waals surface area contributed by atoms with Crippen LogP contribution >= 0.6 is 0 Å². The molecule has 1 fully saturated rings. The highest BCUT2D eigenvalue weighted by Crippen LogP contribution is 2.23. The molecular formula is C13H21N3O3. The lowest BCUT2D eigenvalue weighted by Gasteiger charge is -2.28. The zero-order valence-electron chi connectivity index (χ0n) is 11.3. The van der Waals surface area contributed by atoms with Crippen LogP contribution in [0.2, 0.25) is 0 Å². The van der Waals surface area contributed by atoms with Crippen molar-refractivity contribution >= 4 is 17.5 Å². The van der Waals surface area contributed by atoms with Gasteiger partial charge >= 0.3 is 0 Å². The third-order valence-corrected chi connectivity index (χ3v) is 3.86. The third kappa shape index (κ3) is 3.53. The summed E-state index contributed by atoms with van der Waals surface area (Å²) >= 11 is 0. The molecule has 0 bridgehead atoms. The van der Waals surface area contributed by atoms with Gasteiger partial charge in [-0.15, -0.1) is 0 Å². The van der Waals surface area contributed by atoms with Crippen molar-refractivity contribution in [1.29, 1.82) is 0 Å². The maximum absolute atomic E-state index is 11.9. The molecule has 1 saturated carbocycles. The fraction of sp³-hybridized carbons (Fsp3) is 0.769. The van der Waals surface area contributed by atoms with E-state index in [4.69, 9.17) is 0 Å². The number of hydrogen-bond donors (Lipinski definition) is 2. The van der Waals surface area contributed by atoms with Crippen LogP contribution in [0.5, 0.6) is 0 Å². The number of hydrogen-bond acceptors (Lipinski definition) is 4. The molecule has 2 amide bonds. The Bertz CT molecular complexity index is 395. The van der Waals surface area contributed by atoms with Crippen molar-refractivity contribution in [3.63, 3.8) is 0 Å². The van der Waals surface area contributed by atoms with Crippen molar-refractivity contribution in [1.82, 2.24) is 10.3 Å². The maximum Gasteiger partial charge on any atom is 0.267 e. The highest BCUT2D eigenvalue weighted by Gasteiger charge is 2.25.